The monoisotopic (exact) mass is 440 g/mol. The molecule has 2 N–H and O–H groups in total. The molecule has 1 saturated heterocycles. The second-order valence-electron chi connectivity index (χ2n) is 7.33. The molecule has 31 heavy (non-hydrogen) atoms. The van der Waals surface area contributed by atoms with E-state index in [-0.39, 0.29) is 23.4 Å². The summed E-state index contributed by atoms with van der Waals surface area (Å²) >= 11 is 1.43. The number of rotatable bonds is 7. The molecule has 0 spiro atoms. The molecule has 1 fully saturated rings. The van der Waals surface area contributed by atoms with Gasteiger partial charge in [0.05, 0.1) is 18.8 Å². The molecular weight excluding hydrogens is 416 g/mol. The van der Waals surface area contributed by atoms with Crippen LogP contribution in [-0.4, -0.2) is 66.9 Å². The summed E-state index contributed by atoms with van der Waals surface area (Å²) in [7, 11) is 0. The van der Waals surface area contributed by atoms with Crippen LogP contribution in [0.1, 0.15) is 11.8 Å². The van der Waals surface area contributed by atoms with Crippen LogP contribution in [0.4, 0.5) is 11.4 Å². The van der Waals surface area contributed by atoms with Crippen LogP contribution in [-0.2, 0) is 19.1 Å². The Labute approximate surface area is 184 Å². The maximum absolute atomic E-state index is 13.2. The van der Waals surface area contributed by atoms with Crippen LogP contribution >= 0.6 is 11.3 Å². The summed E-state index contributed by atoms with van der Waals surface area (Å²) < 4.78 is 5.36. The Kier molecular flexibility index (Phi) is 6.45. The van der Waals surface area contributed by atoms with E-state index in [0.717, 1.165) is 18.0 Å². The van der Waals surface area contributed by atoms with Crippen molar-refractivity contribution in [2.24, 2.45) is 0 Å². The van der Waals surface area contributed by atoms with Gasteiger partial charge in [-0.15, -0.1) is 11.3 Å². The van der Waals surface area contributed by atoms with Crippen molar-refractivity contribution in [1.82, 2.24) is 9.80 Å². The largest absolute Gasteiger partial charge is 0.379 e. The van der Waals surface area contributed by atoms with Crippen LogP contribution in [0.15, 0.2) is 47.5 Å². The van der Waals surface area contributed by atoms with E-state index in [9.17, 15) is 14.4 Å². The zero-order valence-electron chi connectivity index (χ0n) is 17.2. The van der Waals surface area contributed by atoms with Crippen molar-refractivity contribution < 1.29 is 19.1 Å². The fourth-order valence-electron chi connectivity index (χ4n) is 3.60. The third kappa shape index (κ3) is 4.84. The Morgan fingerprint density at radius 2 is 1.74 bits per heavy atom. The van der Waals surface area contributed by atoms with Crippen molar-refractivity contribution >= 4 is 46.0 Å². The number of hydrogen-bond acceptors (Lipinski definition) is 7. The summed E-state index contributed by atoms with van der Waals surface area (Å²) in [6.07, 6.45) is 0. The molecule has 1 aromatic carbocycles. The van der Waals surface area contributed by atoms with E-state index < -0.39 is 0 Å². The van der Waals surface area contributed by atoms with E-state index in [1.165, 1.54) is 23.2 Å². The van der Waals surface area contributed by atoms with Crippen LogP contribution < -0.4 is 10.6 Å². The van der Waals surface area contributed by atoms with Crippen molar-refractivity contribution in [3.05, 3.63) is 52.4 Å². The summed E-state index contributed by atoms with van der Waals surface area (Å²) in [5.74, 6) is -0.762. The predicted molar refractivity (Wildman–Crippen MR) is 120 cm³/mol. The predicted octanol–water partition coefficient (Wildman–Crippen LogP) is 2.23. The lowest BCUT2D eigenvalue weighted by Gasteiger charge is -2.28. The molecule has 3 amide bonds. The molecular formula is C22H24N4O4S. The third-order valence-corrected chi connectivity index (χ3v) is 6.04. The molecule has 0 unspecified atom stereocenters. The van der Waals surface area contributed by atoms with Crippen LogP contribution in [0.5, 0.6) is 0 Å². The van der Waals surface area contributed by atoms with Gasteiger partial charge in [-0.05, 0) is 35.7 Å². The Bertz CT molecular complexity index is 995. The number of anilines is 2. The van der Waals surface area contributed by atoms with Crippen LogP contribution in [0.2, 0.25) is 0 Å². The number of imide groups is 1. The van der Waals surface area contributed by atoms with Gasteiger partial charge in [0.1, 0.15) is 5.70 Å². The molecule has 2 aromatic rings. The van der Waals surface area contributed by atoms with Gasteiger partial charge in [-0.3, -0.25) is 24.2 Å². The van der Waals surface area contributed by atoms with Gasteiger partial charge in [-0.1, -0.05) is 6.07 Å². The van der Waals surface area contributed by atoms with Gasteiger partial charge in [0, 0.05) is 49.4 Å². The van der Waals surface area contributed by atoms with Gasteiger partial charge in [-0.25, -0.2) is 0 Å². The third-order valence-electron chi connectivity index (χ3n) is 5.15. The second kappa shape index (κ2) is 9.42. The first kappa shape index (κ1) is 21.2. The molecule has 1 aromatic heterocycles. The zero-order chi connectivity index (χ0) is 21.8. The molecule has 2 aliphatic rings. The van der Waals surface area contributed by atoms with Crippen LogP contribution in [0.25, 0.3) is 5.57 Å². The summed E-state index contributed by atoms with van der Waals surface area (Å²) in [5.41, 5.74) is 2.00. The first-order valence-electron chi connectivity index (χ1n) is 10.1. The normalized spacial score (nSPS) is 17.4. The molecule has 9 heteroatoms. The van der Waals surface area contributed by atoms with Crippen molar-refractivity contribution in [3.8, 4) is 0 Å². The first-order chi connectivity index (χ1) is 15.0. The Morgan fingerprint density at radius 3 is 2.39 bits per heavy atom. The fraction of sp³-hybridized carbons (Fsp3) is 0.318. The van der Waals surface area contributed by atoms with Gasteiger partial charge in [0.2, 0.25) is 5.91 Å². The smallest absolute Gasteiger partial charge is 0.278 e. The van der Waals surface area contributed by atoms with E-state index in [1.54, 1.807) is 24.3 Å². The molecule has 0 saturated carbocycles. The molecule has 0 aliphatic carbocycles. The average molecular weight is 441 g/mol. The van der Waals surface area contributed by atoms with Gasteiger partial charge in [0.15, 0.2) is 0 Å². The number of morpholine rings is 1. The molecule has 4 rings (SSSR count). The van der Waals surface area contributed by atoms with Crippen LogP contribution in [0, 0.1) is 0 Å². The number of benzene rings is 1. The van der Waals surface area contributed by atoms with Crippen molar-refractivity contribution in [2.45, 2.75) is 6.92 Å². The molecule has 0 atom stereocenters. The second-order valence-corrected chi connectivity index (χ2v) is 8.27. The lowest BCUT2D eigenvalue weighted by molar-refractivity contribution is -0.137. The van der Waals surface area contributed by atoms with E-state index in [2.05, 4.69) is 15.5 Å². The highest BCUT2D eigenvalue weighted by molar-refractivity contribution is 7.11. The maximum Gasteiger partial charge on any atom is 0.278 e. The number of amides is 3. The molecule has 162 valence electrons. The SMILES string of the molecule is CC(=O)Nc1ccc(NC2=C(c3cccs3)C(=O)N(CCN3CCOCC3)C2=O)cc1. The Hall–Kier alpha value is -3.01. The van der Waals surface area contributed by atoms with Gasteiger partial charge in [0.25, 0.3) is 11.8 Å². The van der Waals surface area contributed by atoms with E-state index in [4.69, 9.17) is 4.74 Å². The number of carbonyl (C=O) groups is 3. The van der Waals surface area contributed by atoms with Crippen LogP contribution in [0.3, 0.4) is 0 Å². The number of nitrogens with one attached hydrogen (secondary N) is 2. The average Bonchev–Trinajstić information content (AvgIpc) is 3.36. The Balaban J connectivity index is 1.54. The highest BCUT2D eigenvalue weighted by Crippen LogP contribution is 2.33. The highest BCUT2D eigenvalue weighted by Gasteiger charge is 2.39. The van der Waals surface area contributed by atoms with Gasteiger partial charge >= 0.3 is 0 Å². The zero-order valence-corrected chi connectivity index (χ0v) is 18.0. The van der Waals surface area contributed by atoms with Crippen molar-refractivity contribution in [3.63, 3.8) is 0 Å². The number of hydrogen-bond donors (Lipinski definition) is 2. The van der Waals surface area contributed by atoms with E-state index in [0.29, 0.717) is 43.3 Å². The van der Waals surface area contributed by atoms with E-state index >= 15 is 0 Å². The Morgan fingerprint density at radius 1 is 1.03 bits per heavy atom. The fourth-order valence-corrected chi connectivity index (χ4v) is 4.36. The summed E-state index contributed by atoms with van der Waals surface area (Å²) in [4.78, 5) is 41.9. The standard InChI is InChI=1S/C22H24N4O4S/c1-15(27)23-16-4-6-17(7-5-16)24-20-19(18-3-2-14-31-18)21(28)26(22(20)29)9-8-25-10-12-30-13-11-25/h2-7,14,24H,8-13H2,1H3,(H,23,27). The number of carbonyl (C=O) groups excluding carboxylic acids is 3. The quantitative estimate of drug-likeness (QED) is 0.642. The highest BCUT2D eigenvalue weighted by atomic mass is 32.1. The lowest BCUT2D eigenvalue weighted by atomic mass is 10.2. The molecule has 3 heterocycles. The first-order valence-corrected chi connectivity index (χ1v) is 11.0. The maximum atomic E-state index is 13.2. The van der Waals surface area contributed by atoms with E-state index in [1.807, 2.05) is 17.5 Å². The number of ether oxygens (including phenoxy) is 1. The minimum absolute atomic E-state index is 0.157. The summed E-state index contributed by atoms with van der Waals surface area (Å²) in [5, 5.41) is 7.73. The summed E-state index contributed by atoms with van der Waals surface area (Å²) in [6.45, 7) is 5.33. The topological polar surface area (TPSA) is 91.0 Å². The van der Waals surface area contributed by atoms with Crippen molar-refractivity contribution in [2.75, 3.05) is 50.0 Å². The van der Waals surface area contributed by atoms with Gasteiger partial charge < -0.3 is 15.4 Å². The lowest BCUT2D eigenvalue weighted by Crippen LogP contribution is -2.43. The number of nitrogens with zero attached hydrogens (tertiary/aromatic N) is 2. The molecule has 8 nitrogen and oxygen atoms in total. The minimum atomic E-state index is -0.326. The van der Waals surface area contributed by atoms with Crippen molar-refractivity contribution in [1.29, 1.82) is 0 Å². The molecule has 0 bridgehead atoms. The van der Waals surface area contributed by atoms with Gasteiger partial charge in [-0.2, -0.15) is 0 Å². The minimum Gasteiger partial charge on any atom is -0.379 e. The number of thiophene rings is 1. The summed E-state index contributed by atoms with van der Waals surface area (Å²) in [6, 6.07) is 10.7. The molecule has 2 aliphatic heterocycles. The molecule has 0 radical (unpaired) electrons.